The van der Waals surface area contributed by atoms with Gasteiger partial charge in [-0.1, -0.05) is 45.8 Å². The van der Waals surface area contributed by atoms with Gasteiger partial charge in [-0.2, -0.15) is 0 Å². The lowest BCUT2D eigenvalue weighted by Crippen LogP contribution is -2.42. The monoisotopic (exact) mass is 529 g/mol. The van der Waals surface area contributed by atoms with E-state index in [0.717, 1.165) is 42.6 Å². The first-order valence-electron chi connectivity index (χ1n) is 13.4. The number of fused-ring (bicyclic) bond motifs is 1. The first kappa shape index (κ1) is 29.5. The first-order chi connectivity index (χ1) is 17.4. The van der Waals surface area contributed by atoms with Gasteiger partial charge in [0, 0.05) is 5.92 Å². The number of nitrogens with zero attached hydrogens (tertiary/aromatic N) is 1. The molecule has 0 bridgehead atoms. The van der Waals surface area contributed by atoms with Crippen LogP contribution in [-0.4, -0.2) is 44.8 Å². The smallest absolute Gasteiger partial charge is 0.306 e. The standard InChI is InChI=1S/C30H43NO5S/c1-7-9-22(28(35)29(4,5)25(32)18-27(33)34)16-19(2)10-8-15-30(6)26(36-30)14-12-21-11-13-24-23(17-21)31-20(3)37-24/h7,11,13,17,19,22,25-26,32H,1,8-10,12,14-16,18H2,2-6H3,(H,33,34)/t19-,22?,25-,26+,30?/m0/s1. The summed E-state index contributed by atoms with van der Waals surface area (Å²) in [6, 6.07) is 6.56. The second-order valence-corrected chi connectivity index (χ2v) is 12.9. The van der Waals surface area contributed by atoms with E-state index in [1.807, 2.05) is 6.92 Å². The number of allylic oxidation sites excluding steroid dienone is 1. The molecule has 1 fully saturated rings. The third kappa shape index (κ3) is 7.71. The lowest BCUT2D eigenvalue weighted by Gasteiger charge is -2.32. The molecule has 1 aliphatic heterocycles. The zero-order valence-electron chi connectivity index (χ0n) is 23.0. The van der Waals surface area contributed by atoms with Crippen LogP contribution in [-0.2, 0) is 20.7 Å². The minimum Gasteiger partial charge on any atom is -0.481 e. The van der Waals surface area contributed by atoms with Crippen LogP contribution in [0.5, 0.6) is 0 Å². The van der Waals surface area contributed by atoms with Crippen molar-refractivity contribution in [3.05, 3.63) is 41.4 Å². The van der Waals surface area contributed by atoms with Gasteiger partial charge in [0.1, 0.15) is 5.78 Å². The van der Waals surface area contributed by atoms with E-state index in [2.05, 4.69) is 43.6 Å². The van der Waals surface area contributed by atoms with Crippen LogP contribution < -0.4 is 0 Å². The highest BCUT2D eigenvalue weighted by molar-refractivity contribution is 7.18. The predicted molar refractivity (Wildman–Crippen MR) is 149 cm³/mol. The number of aliphatic hydroxyl groups is 1. The normalized spacial score (nSPS) is 21.9. The molecule has 2 unspecified atom stereocenters. The number of Topliss-reactive ketones (excluding diaryl/α,β-unsaturated/α-hetero) is 1. The molecule has 0 aliphatic carbocycles. The molecule has 3 rings (SSSR count). The molecule has 0 spiro atoms. The Labute approximate surface area is 225 Å². The Morgan fingerprint density at radius 3 is 2.76 bits per heavy atom. The molecular weight excluding hydrogens is 486 g/mol. The fourth-order valence-corrected chi connectivity index (χ4v) is 6.25. The van der Waals surface area contributed by atoms with E-state index in [1.54, 1.807) is 31.3 Å². The molecule has 0 saturated carbocycles. The van der Waals surface area contributed by atoms with Crippen molar-refractivity contribution in [2.45, 2.75) is 104 Å². The van der Waals surface area contributed by atoms with Gasteiger partial charge in [-0.25, -0.2) is 4.98 Å². The van der Waals surface area contributed by atoms with Gasteiger partial charge in [0.2, 0.25) is 0 Å². The highest BCUT2D eigenvalue weighted by atomic mass is 32.1. The highest BCUT2D eigenvalue weighted by Gasteiger charge is 2.50. The maximum Gasteiger partial charge on any atom is 0.306 e. The first-order valence-corrected chi connectivity index (χ1v) is 14.3. The van der Waals surface area contributed by atoms with Crippen molar-refractivity contribution < 1.29 is 24.5 Å². The van der Waals surface area contributed by atoms with E-state index in [9.17, 15) is 14.7 Å². The molecule has 2 aromatic rings. The number of rotatable bonds is 16. The number of aryl methyl sites for hydroxylation is 2. The Balaban J connectivity index is 1.44. The zero-order chi connectivity index (χ0) is 27.4. The van der Waals surface area contributed by atoms with Crippen LogP contribution in [0.4, 0.5) is 0 Å². The molecule has 1 saturated heterocycles. The van der Waals surface area contributed by atoms with Crippen molar-refractivity contribution in [2.75, 3.05) is 0 Å². The predicted octanol–water partition coefficient (Wildman–Crippen LogP) is 6.51. The van der Waals surface area contributed by atoms with Crippen LogP contribution >= 0.6 is 11.3 Å². The van der Waals surface area contributed by atoms with Gasteiger partial charge in [0.25, 0.3) is 0 Å². The number of ketones is 1. The van der Waals surface area contributed by atoms with Gasteiger partial charge in [-0.05, 0) is 69.6 Å². The summed E-state index contributed by atoms with van der Waals surface area (Å²) in [6.07, 6.45) is 6.61. The molecule has 0 radical (unpaired) electrons. The molecule has 6 nitrogen and oxygen atoms in total. The van der Waals surface area contributed by atoms with E-state index in [0.29, 0.717) is 18.8 Å². The van der Waals surface area contributed by atoms with E-state index in [4.69, 9.17) is 9.84 Å². The molecule has 1 aromatic carbocycles. The Morgan fingerprint density at radius 1 is 1.35 bits per heavy atom. The van der Waals surface area contributed by atoms with Crippen LogP contribution in [0.25, 0.3) is 10.2 Å². The minimum atomic E-state index is -1.21. The number of aliphatic carboxylic acids is 1. The van der Waals surface area contributed by atoms with Gasteiger partial charge in [-0.3, -0.25) is 9.59 Å². The summed E-state index contributed by atoms with van der Waals surface area (Å²) in [6.45, 7) is 13.5. The van der Waals surface area contributed by atoms with Crippen LogP contribution in [0.15, 0.2) is 30.9 Å². The van der Waals surface area contributed by atoms with Crippen LogP contribution in [0, 0.1) is 24.2 Å². The van der Waals surface area contributed by atoms with E-state index < -0.39 is 23.9 Å². The van der Waals surface area contributed by atoms with Crippen LogP contribution in [0.2, 0.25) is 0 Å². The van der Waals surface area contributed by atoms with Crippen LogP contribution in [0.3, 0.4) is 0 Å². The number of hydrogen-bond acceptors (Lipinski definition) is 6. The fourth-order valence-electron chi connectivity index (χ4n) is 5.44. The molecular formula is C30H43NO5S. The maximum atomic E-state index is 13.2. The molecule has 1 aromatic heterocycles. The number of carboxylic acids is 1. The van der Waals surface area contributed by atoms with E-state index >= 15 is 0 Å². The molecule has 37 heavy (non-hydrogen) atoms. The molecule has 204 valence electrons. The summed E-state index contributed by atoms with van der Waals surface area (Å²) in [7, 11) is 0. The minimum absolute atomic E-state index is 0.0691. The topological polar surface area (TPSA) is 100 Å². The van der Waals surface area contributed by atoms with Crippen molar-refractivity contribution in [2.24, 2.45) is 17.3 Å². The molecule has 5 atom stereocenters. The van der Waals surface area contributed by atoms with Gasteiger partial charge in [0.05, 0.1) is 44.9 Å². The SMILES string of the molecule is C=CCC(C[C@@H](C)CCCC1(C)O[C@@H]1CCc1ccc2sc(C)nc2c1)C(=O)C(C)(C)[C@@H](O)CC(=O)O. The van der Waals surface area contributed by atoms with Gasteiger partial charge < -0.3 is 14.9 Å². The number of aliphatic hydroxyl groups excluding tert-OH is 1. The number of thiazole rings is 1. The average molecular weight is 530 g/mol. The third-order valence-electron chi connectivity index (χ3n) is 8.00. The molecule has 7 heteroatoms. The summed E-state index contributed by atoms with van der Waals surface area (Å²) in [5.41, 5.74) is 1.21. The number of carbonyl (C=O) groups is 2. The van der Waals surface area contributed by atoms with Crippen molar-refractivity contribution >= 4 is 33.3 Å². The van der Waals surface area contributed by atoms with Gasteiger partial charge >= 0.3 is 5.97 Å². The lowest BCUT2D eigenvalue weighted by molar-refractivity contribution is -0.145. The maximum absolute atomic E-state index is 13.2. The molecule has 0 amide bonds. The molecule has 1 aliphatic rings. The molecule has 2 heterocycles. The van der Waals surface area contributed by atoms with Crippen molar-refractivity contribution in [1.29, 1.82) is 0 Å². The van der Waals surface area contributed by atoms with Gasteiger partial charge in [-0.15, -0.1) is 17.9 Å². The number of carboxylic acid groups (broad SMARTS) is 1. The van der Waals surface area contributed by atoms with E-state index in [1.165, 1.54) is 10.3 Å². The largest absolute Gasteiger partial charge is 0.481 e. The number of epoxide rings is 1. The Bertz CT molecular complexity index is 1110. The second kappa shape index (κ2) is 12.2. The Morgan fingerprint density at radius 2 is 2.08 bits per heavy atom. The zero-order valence-corrected chi connectivity index (χ0v) is 23.8. The number of hydrogen-bond donors (Lipinski definition) is 2. The number of ether oxygens (including phenoxy) is 1. The number of benzene rings is 1. The second-order valence-electron chi connectivity index (χ2n) is 11.6. The fraction of sp³-hybridized carbons (Fsp3) is 0.633. The Kier molecular flexibility index (Phi) is 9.70. The lowest BCUT2D eigenvalue weighted by atomic mass is 9.72. The average Bonchev–Trinajstić information content (AvgIpc) is 3.30. The third-order valence-corrected chi connectivity index (χ3v) is 8.96. The number of aromatic nitrogens is 1. The van der Waals surface area contributed by atoms with Crippen molar-refractivity contribution in [3.8, 4) is 0 Å². The van der Waals surface area contributed by atoms with Crippen LogP contribution in [0.1, 0.15) is 83.2 Å². The summed E-state index contributed by atoms with van der Waals surface area (Å²) >= 11 is 1.73. The van der Waals surface area contributed by atoms with Crippen molar-refractivity contribution in [3.63, 3.8) is 0 Å². The summed E-state index contributed by atoms with van der Waals surface area (Å²) in [4.78, 5) is 28.9. The summed E-state index contributed by atoms with van der Waals surface area (Å²) in [5, 5.41) is 20.5. The highest BCUT2D eigenvalue weighted by Crippen LogP contribution is 2.44. The number of carbonyl (C=O) groups excluding carboxylic acids is 1. The Hall–Kier alpha value is -2.09. The quantitative estimate of drug-likeness (QED) is 0.190. The van der Waals surface area contributed by atoms with Crippen molar-refractivity contribution in [1.82, 2.24) is 4.98 Å². The summed E-state index contributed by atoms with van der Waals surface area (Å²) < 4.78 is 7.34. The van der Waals surface area contributed by atoms with Gasteiger partial charge in [0.15, 0.2) is 0 Å². The summed E-state index contributed by atoms with van der Waals surface area (Å²) in [5.74, 6) is -1.14. The van der Waals surface area contributed by atoms with E-state index in [-0.39, 0.29) is 23.4 Å². The molecule has 2 N–H and O–H groups in total.